The van der Waals surface area contributed by atoms with E-state index in [1.54, 1.807) is 0 Å². The van der Waals surface area contributed by atoms with Gasteiger partial charge < -0.3 is 5.11 Å². The number of aliphatic carboxylic acids is 1. The Bertz CT molecular complexity index is 338. The van der Waals surface area contributed by atoms with Crippen LogP contribution in [0.4, 0.5) is 13.2 Å². The molecule has 0 aromatic rings. The van der Waals surface area contributed by atoms with Crippen LogP contribution in [0.25, 0.3) is 0 Å². The first-order valence-electron chi connectivity index (χ1n) is 4.34. The molecule has 0 amide bonds. The predicted molar refractivity (Wildman–Crippen MR) is 49.0 cm³/mol. The highest BCUT2D eigenvalue weighted by Gasteiger charge is 2.45. The molecule has 0 radical (unpaired) electrons. The van der Waals surface area contributed by atoms with Crippen molar-refractivity contribution in [2.45, 2.75) is 25.3 Å². The van der Waals surface area contributed by atoms with E-state index < -0.39 is 34.0 Å². The minimum absolute atomic E-state index is 0.107. The van der Waals surface area contributed by atoms with Crippen LogP contribution in [0.5, 0.6) is 0 Å². The average molecular weight is 263 g/mol. The van der Waals surface area contributed by atoms with E-state index >= 15 is 0 Å². The third-order valence-corrected chi connectivity index (χ3v) is 2.93. The van der Waals surface area contributed by atoms with Gasteiger partial charge in [0.25, 0.3) is 0 Å². The maximum absolute atomic E-state index is 11.9. The van der Waals surface area contributed by atoms with E-state index in [1.807, 2.05) is 0 Å². The van der Waals surface area contributed by atoms with Crippen molar-refractivity contribution in [2.75, 3.05) is 6.54 Å². The largest absolute Gasteiger partial charge is 0.511 e. The number of carbonyl (C=O) groups is 1. The van der Waals surface area contributed by atoms with Gasteiger partial charge in [0.15, 0.2) is 0 Å². The van der Waals surface area contributed by atoms with Crippen molar-refractivity contribution in [3.63, 3.8) is 0 Å². The number of hydrogen-bond donors (Lipinski definition) is 2. The molecule has 0 saturated carbocycles. The van der Waals surface area contributed by atoms with Gasteiger partial charge in [-0.25, -0.2) is 13.1 Å². The van der Waals surface area contributed by atoms with Crippen molar-refractivity contribution >= 4 is 16.0 Å². The van der Waals surface area contributed by atoms with Crippen molar-refractivity contribution in [2.24, 2.45) is 5.92 Å². The topological polar surface area (TPSA) is 83.5 Å². The van der Waals surface area contributed by atoms with Crippen LogP contribution in [0.15, 0.2) is 0 Å². The zero-order valence-electron chi connectivity index (χ0n) is 8.41. The molecule has 1 atom stereocenters. The number of rotatable bonds is 6. The molecule has 0 aliphatic carbocycles. The summed E-state index contributed by atoms with van der Waals surface area (Å²) in [5.41, 5.74) is -5.33. The molecule has 16 heavy (non-hydrogen) atoms. The molecule has 0 aromatic carbocycles. The molecule has 9 heteroatoms. The van der Waals surface area contributed by atoms with E-state index in [0.29, 0.717) is 0 Å². The summed E-state index contributed by atoms with van der Waals surface area (Å²) in [5.74, 6) is -1.56. The Kier molecular flexibility index (Phi) is 5.20. The molecule has 5 nitrogen and oxygen atoms in total. The molecule has 0 rings (SSSR count). The molecule has 0 spiro atoms. The molecule has 0 aromatic heterocycles. The summed E-state index contributed by atoms with van der Waals surface area (Å²) in [6.45, 7) is 1.02. The van der Waals surface area contributed by atoms with Crippen molar-refractivity contribution < 1.29 is 31.5 Å². The third-order valence-electron chi connectivity index (χ3n) is 1.78. The summed E-state index contributed by atoms with van der Waals surface area (Å²) in [5, 5.41) is 8.30. The summed E-state index contributed by atoms with van der Waals surface area (Å²) in [7, 11) is -5.33. The average Bonchev–Trinajstić information content (AvgIpc) is 2.09. The van der Waals surface area contributed by atoms with Crippen molar-refractivity contribution in [1.29, 1.82) is 0 Å². The molecule has 0 fully saturated rings. The van der Waals surface area contributed by atoms with Gasteiger partial charge in [0.1, 0.15) is 0 Å². The number of carboxylic acids is 1. The van der Waals surface area contributed by atoms with Crippen LogP contribution in [-0.4, -0.2) is 31.5 Å². The lowest BCUT2D eigenvalue weighted by atomic mass is 10.1. The van der Waals surface area contributed by atoms with Gasteiger partial charge in [-0.15, -0.1) is 0 Å². The normalized spacial score (nSPS) is 14.8. The number of alkyl halides is 3. The third kappa shape index (κ3) is 5.31. The highest BCUT2D eigenvalue weighted by Crippen LogP contribution is 2.21. The zero-order valence-corrected chi connectivity index (χ0v) is 9.23. The minimum atomic E-state index is -5.33. The van der Waals surface area contributed by atoms with Gasteiger partial charge in [-0.3, -0.25) is 4.79 Å². The van der Waals surface area contributed by atoms with Crippen LogP contribution < -0.4 is 4.72 Å². The van der Waals surface area contributed by atoms with E-state index in [-0.39, 0.29) is 12.8 Å². The Hall–Kier alpha value is -0.830. The van der Waals surface area contributed by atoms with Crippen LogP contribution in [0.3, 0.4) is 0 Å². The Labute approximate surface area is 90.7 Å². The standard InChI is InChI=1S/C7H12F3NO4S/c1-5(2-3-6(12)13)4-11-16(14,15)7(8,9)10/h5,11H,2-4H2,1H3,(H,12,13). The van der Waals surface area contributed by atoms with Crippen molar-refractivity contribution in [3.05, 3.63) is 0 Å². The van der Waals surface area contributed by atoms with Crippen LogP contribution in [0.2, 0.25) is 0 Å². The first-order valence-corrected chi connectivity index (χ1v) is 5.82. The first-order chi connectivity index (χ1) is 7.06. The van der Waals surface area contributed by atoms with Crippen molar-refractivity contribution in [1.82, 2.24) is 4.72 Å². The van der Waals surface area contributed by atoms with E-state index in [0.717, 1.165) is 0 Å². The van der Waals surface area contributed by atoms with E-state index in [9.17, 15) is 26.4 Å². The van der Waals surface area contributed by atoms with Gasteiger partial charge in [0, 0.05) is 13.0 Å². The van der Waals surface area contributed by atoms with Crippen LogP contribution in [0, 0.1) is 5.92 Å². The monoisotopic (exact) mass is 263 g/mol. The van der Waals surface area contributed by atoms with Crippen LogP contribution >= 0.6 is 0 Å². The van der Waals surface area contributed by atoms with E-state index in [4.69, 9.17) is 5.11 Å². The Morgan fingerprint density at radius 1 is 1.44 bits per heavy atom. The molecule has 0 saturated heterocycles. The number of halogens is 3. The van der Waals surface area contributed by atoms with E-state index in [1.165, 1.54) is 11.6 Å². The maximum atomic E-state index is 11.9. The fraction of sp³-hybridized carbons (Fsp3) is 0.857. The second-order valence-electron chi connectivity index (χ2n) is 3.34. The highest BCUT2D eigenvalue weighted by atomic mass is 32.2. The summed E-state index contributed by atoms with van der Waals surface area (Å²) in [6.07, 6.45) is -0.107. The van der Waals surface area contributed by atoms with Crippen molar-refractivity contribution in [3.8, 4) is 0 Å². The van der Waals surface area contributed by atoms with Gasteiger partial charge in [-0.2, -0.15) is 13.2 Å². The van der Waals surface area contributed by atoms with Gasteiger partial charge in [0.2, 0.25) is 0 Å². The molecule has 1 unspecified atom stereocenters. The summed E-state index contributed by atoms with van der Waals surface area (Å²) >= 11 is 0. The zero-order chi connectivity index (χ0) is 13.0. The second-order valence-corrected chi connectivity index (χ2v) is 5.09. The first kappa shape index (κ1) is 15.2. The molecule has 0 heterocycles. The fourth-order valence-corrected chi connectivity index (χ4v) is 1.47. The van der Waals surface area contributed by atoms with E-state index in [2.05, 4.69) is 0 Å². The molecule has 0 aliphatic heterocycles. The fourth-order valence-electron chi connectivity index (χ4n) is 0.806. The summed E-state index contributed by atoms with van der Waals surface area (Å²) in [6, 6.07) is 0. The van der Waals surface area contributed by atoms with Gasteiger partial charge in [-0.05, 0) is 12.3 Å². The van der Waals surface area contributed by atoms with Gasteiger partial charge in [-0.1, -0.05) is 6.92 Å². The molecular formula is C7H12F3NO4S. The van der Waals surface area contributed by atoms with Gasteiger partial charge in [0.05, 0.1) is 0 Å². The lowest BCUT2D eigenvalue weighted by Gasteiger charge is -2.13. The lowest BCUT2D eigenvalue weighted by Crippen LogP contribution is -2.38. The minimum Gasteiger partial charge on any atom is -0.481 e. The van der Waals surface area contributed by atoms with Crippen LogP contribution in [-0.2, 0) is 14.8 Å². The lowest BCUT2D eigenvalue weighted by molar-refractivity contribution is -0.137. The predicted octanol–water partition coefficient (Wildman–Crippen LogP) is 0.926. The quantitative estimate of drug-likeness (QED) is 0.746. The number of hydrogen-bond acceptors (Lipinski definition) is 3. The summed E-state index contributed by atoms with van der Waals surface area (Å²) < 4.78 is 58.0. The Morgan fingerprint density at radius 3 is 2.31 bits per heavy atom. The molecule has 0 bridgehead atoms. The smallest absolute Gasteiger partial charge is 0.481 e. The molecular weight excluding hydrogens is 251 g/mol. The Morgan fingerprint density at radius 2 is 1.94 bits per heavy atom. The van der Waals surface area contributed by atoms with Gasteiger partial charge >= 0.3 is 21.5 Å². The summed E-state index contributed by atoms with van der Waals surface area (Å²) in [4.78, 5) is 10.1. The molecule has 0 aliphatic rings. The number of nitrogens with one attached hydrogen (secondary N) is 1. The maximum Gasteiger partial charge on any atom is 0.511 e. The number of carboxylic acid groups (broad SMARTS) is 1. The SMILES string of the molecule is CC(CCC(=O)O)CNS(=O)(=O)C(F)(F)F. The Balaban J connectivity index is 4.11. The second kappa shape index (κ2) is 5.48. The molecule has 96 valence electrons. The molecule has 2 N–H and O–H groups in total. The van der Waals surface area contributed by atoms with Crippen LogP contribution in [0.1, 0.15) is 19.8 Å². The highest BCUT2D eigenvalue weighted by molar-refractivity contribution is 7.90. The number of sulfonamides is 1.